The molecule has 0 fully saturated rings. The van der Waals surface area contributed by atoms with Crippen LogP contribution in [0.1, 0.15) is 39.7 Å². The van der Waals surface area contributed by atoms with Crippen molar-refractivity contribution in [2.75, 3.05) is 6.54 Å². The molecule has 0 aromatic carbocycles. The van der Waals surface area contributed by atoms with Gasteiger partial charge in [0.05, 0.1) is 0 Å². The molecule has 2 heteroatoms. The molecule has 1 N–H and O–H groups in total. The van der Waals surface area contributed by atoms with Crippen LogP contribution in [0.5, 0.6) is 0 Å². The first kappa shape index (κ1) is 13.2. The van der Waals surface area contributed by atoms with Crippen LogP contribution in [-0.2, 0) is 6.42 Å². The van der Waals surface area contributed by atoms with Gasteiger partial charge in [-0.15, -0.1) is 0 Å². The fourth-order valence-electron chi connectivity index (χ4n) is 1.87. The van der Waals surface area contributed by atoms with Crippen molar-refractivity contribution in [3.05, 3.63) is 30.1 Å². The van der Waals surface area contributed by atoms with Gasteiger partial charge in [0.25, 0.3) is 0 Å². The summed E-state index contributed by atoms with van der Waals surface area (Å²) in [6.07, 6.45) is 6.04. The Kier molecular flexibility index (Phi) is 4.94. The van der Waals surface area contributed by atoms with Crippen LogP contribution in [0.25, 0.3) is 0 Å². The number of nitrogens with zero attached hydrogens (tertiary/aromatic N) is 1. The molecule has 0 radical (unpaired) electrons. The van der Waals surface area contributed by atoms with Crippen molar-refractivity contribution in [3.63, 3.8) is 0 Å². The Hall–Kier alpha value is -0.890. The van der Waals surface area contributed by atoms with E-state index in [4.69, 9.17) is 0 Å². The van der Waals surface area contributed by atoms with Crippen molar-refractivity contribution in [3.8, 4) is 0 Å². The Bertz CT molecular complexity index is 293. The maximum Gasteiger partial charge on any atom is 0.0300 e. The summed E-state index contributed by atoms with van der Waals surface area (Å²) >= 11 is 0. The van der Waals surface area contributed by atoms with Gasteiger partial charge in [0.15, 0.2) is 0 Å². The zero-order valence-corrected chi connectivity index (χ0v) is 11.0. The minimum Gasteiger partial charge on any atom is -0.313 e. The minimum atomic E-state index is 0.325. The van der Waals surface area contributed by atoms with E-state index >= 15 is 0 Å². The predicted octanol–water partition coefficient (Wildman–Crippen LogP) is 3.04. The average Bonchev–Trinajstić information content (AvgIpc) is 2.30. The van der Waals surface area contributed by atoms with E-state index in [1.54, 1.807) is 0 Å². The van der Waals surface area contributed by atoms with Crippen LogP contribution >= 0.6 is 0 Å². The zero-order valence-electron chi connectivity index (χ0n) is 11.0. The molecule has 90 valence electrons. The third-order valence-electron chi connectivity index (χ3n) is 3.47. The highest BCUT2D eigenvalue weighted by molar-refractivity contribution is 5.11. The second kappa shape index (κ2) is 6.00. The van der Waals surface area contributed by atoms with Crippen LogP contribution in [0.3, 0.4) is 0 Å². The number of hydrogen-bond acceptors (Lipinski definition) is 2. The normalized spacial score (nSPS) is 13.8. The lowest BCUT2D eigenvalue weighted by molar-refractivity contribution is 0.232. The molecule has 0 spiro atoms. The van der Waals surface area contributed by atoms with E-state index in [0.717, 1.165) is 13.0 Å². The Morgan fingerprint density at radius 2 is 2.12 bits per heavy atom. The third kappa shape index (κ3) is 3.60. The zero-order chi connectivity index (χ0) is 12.0. The van der Waals surface area contributed by atoms with Crippen LogP contribution < -0.4 is 5.32 Å². The summed E-state index contributed by atoms with van der Waals surface area (Å²) < 4.78 is 0. The second-order valence-corrected chi connectivity index (χ2v) is 5.02. The SMILES string of the molecule is CCNC(Cc1cccnc1)C(C)(C)CC. The molecular formula is C14H24N2. The van der Waals surface area contributed by atoms with Gasteiger partial charge < -0.3 is 5.32 Å². The fourth-order valence-corrected chi connectivity index (χ4v) is 1.87. The smallest absolute Gasteiger partial charge is 0.0300 e. The first-order chi connectivity index (χ1) is 7.60. The highest BCUT2D eigenvalue weighted by Gasteiger charge is 2.26. The number of hydrogen-bond donors (Lipinski definition) is 1. The summed E-state index contributed by atoms with van der Waals surface area (Å²) in [6, 6.07) is 4.69. The average molecular weight is 220 g/mol. The summed E-state index contributed by atoms with van der Waals surface area (Å²) in [5, 5.41) is 3.59. The van der Waals surface area contributed by atoms with Gasteiger partial charge in [0, 0.05) is 18.4 Å². The molecule has 16 heavy (non-hydrogen) atoms. The topological polar surface area (TPSA) is 24.9 Å². The molecule has 1 atom stereocenters. The monoisotopic (exact) mass is 220 g/mol. The molecule has 0 bridgehead atoms. The Morgan fingerprint density at radius 1 is 1.38 bits per heavy atom. The molecule has 1 heterocycles. The van der Waals surface area contributed by atoms with E-state index in [-0.39, 0.29) is 0 Å². The first-order valence-corrected chi connectivity index (χ1v) is 6.22. The fraction of sp³-hybridized carbons (Fsp3) is 0.643. The van der Waals surface area contributed by atoms with Crippen LogP contribution in [0.15, 0.2) is 24.5 Å². The number of nitrogens with one attached hydrogen (secondary N) is 1. The van der Waals surface area contributed by atoms with Crippen LogP contribution in [-0.4, -0.2) is 17.6 Å². The van der Waals surface area contributed by atoms with E-state index in [9.17, 15) is 0 Å². The second-order valence-electron chi connectivity index (χ2n) is 5.02. The van der Waals surface area contributed by atoms with Crippen LogP contribution in [0, 0.1) is 5.41 Å². The summed E-state index contributed by atoms with van der Waals surface area (Å²) in [7, 11) is 0. The molecule has 0 aliphatic carbocycles. The molecule has 0 aliphatic heterocycles. The third-order valence-corrected chi connectivity index (χ3v) is 3.47. The largest absolute Gasteiger partial charge is 0.313 e. The Balaban J connectivity index is 2.72. The molecule has 0 aliphatic rings. The van der Waals surface area contributed by atoms with Gasteiger partial charge >= 0.3 is 0 Å². The number of likely N-dealkylation sites (N-methyl/N-ethyl adjacent to an activating group) is 1. The van der Waals surface area contributed by atoms with Crippen molar-refractivity contribution in [1.82, 2.24) is 10.3 Å². The Morgan fingerprint density at radius 3 is 2.62 bits per heavy atom. The molecular weight excluding hydrogens is 196 g/mol. The van der Waals surface area contributed by atoms with Crippen molar-refractivity contribution >= 4 is 0 Å². The highest BCUT2D eigenvalue weighted by atomic mass is 14.9. The van der Waals surface area contributed by atoms with Gasteiger partial charge in [-0.1, -0.05) is 33.8 Å². The maximum atomic E-state index is 4.18. The number of pyridine rings is 1. The van der Waals surface area contributed by atoms with Crippen LogP contribution in [0.2, 0.25) is 0 Å². The van der Waals surface area contributed by atoms with E-state index in [0.29, 0.717) is 11.5 Å². The van der Waals surface area contributed by atoms with E-state index < -0.39 is 0 Å². The summed E-state index contributed by atoms with van der Waals surface area (Å²) in [4.78, 5) is 4.18. The van der Waals surface area contributed by atoms with Gasteiger partial charge in [-0.25, -0.2) is 0 Å². The molecule has 0 saturated heterocycles. The van der Waals surface area contributed by atoms with Gasteiger partial charge in [0.1, 0.15) is 0 Å². The molecule has 0 saturated carbocycles. The highest BCUT2D eigenvalue weighted by Crippen LogP contribution is 2.27. The summed E-state index contributed by atoms with van der Waals surface area (Å²) in [5.41, 5.74) is 1.64. The maximum absolute atomic E-state index is 4.18. The summed E-state index contributed by atoms with van der Waals surface area (Å²) in [5.74, 6) is 0. The lowest BCUT2D eigenvalue weighted by Gasteiger charge is -2.34. The first-order valence-electron chi connectivity index (χ1n) is 6.22. The Labute approximate surface area is 99.5 Å². The molecule has 1 unspecified atom stereocenters. The lowest BCUT2D eigenvalue weighted by atomic mass is 9.79. The van der Waals surface area contributed by atoms with Crippen molar-refractivity contribution < 1.29 is 0 Å². The minimum absolute atomic E-state index is 0.325. The van der Waals surface area contributed by atoms with Crippen molar-refractivity contribution in [2.24, 2.45) is 5.41 Å². The number of aromatic nitrogens is 1. The molecule has 2 nitrogen and oxygen atoms in total. The lowest BCUT2D eigenvalue weighted by Crippen LogP contribution is -2.43. The van der Waals surface area contributed by atoms with E-state index in [2.05, 4.69) is 44.1 Å². The molecule has 0 amide bonds. The van der Waals surface area contributed by atoms with E-state index in [1.165, 1.54) is 12.0 Å². The van der Waals surface area contributed by atoms with Gasteiger partial charge in [-0.05, 0) is 36.4 Å². The van der Waals surface area contributed by atoms with Gasteiger partial charge in [0.2, 0.25) is 0 Å². The van der Waals surface area contributed by atoms with Crippen molar-refractivity contribution in [2.45, 2.75) is 46.6 Å². The molecule has 1 aromatic rings. The summed E-state index contributed by atoms with van der Waals surface area (Å²) in [6.45, 7) is 10.1. The van der Waals surface area contributed by atoms with Gasteiger partial charge in [-0.3, -0.25) is 4.98 Å². The van der Waals surface area contributed by atoms with Gasteiger partial charge in [-0.2, -0.15) is 0 Å². The van der Waals surface area contributed by atoms with Crippen molar-refractivity contribution in [1.29, 1.82) is 0 Å². The quantitative estimate of drug-likeness (QED) is 0.797. The van der Waals surface area contributed by atoms with Crippen LogP contribution in [0.4, 0.5) is 0 Å². The molecule has 1 rings (SSSR count). The van der Waals surface area contributed by atoms with E-state index in [1.807, 2.05) is 18.5 Å². The predicted molar refractivity (Wildman–Crippen MR) is 69.5 cm³/mol. The number of rotatable bonds is 6. The standard InChI is InChI=1S/C14H24N2/c1-5-14(3,4)13(16-6-2)10-12-8-7-9-15-11-12/h7-9,11,13,16H,5-6,10H2,1-4H3. The molecule has 1 aromatic heterocycles.